The minimum Gasteiger partial charge on any atom is -0.497 e. The summed E-state index contributed by atoms with van der Waals surface area (Å²) in [5.41, 5.74) is 2.40. The Labute approximate surface area is 146 Å². The van der Waals surface area contributed by atoms with Crippen molar-refractivity contribution in [2.75, 3.05) is 23.9 Å². The van der Waals surface area contributed by atoms with Gasteiger partial charge in [0.05, 0.1) is 7.11 Å². The van der Waals surface area contributed by atoms with Crippen LogP contribution in [0.25, 0.3) is 0 Å². The van der Waals surface area contributed by atoms with E-state index in [1.165, 1.54) is 4.90 Å². The second-order valence-electron chi connectivity index (χ2n) is 5.77. The topological polar surface area (TPSA) is 70.7 Å². The minimum atomic E-state index is -0.546. The molecule has 130 valence electrons. The van der Waals surface area contributed by atoms with Crippen LogP contribution in [0.4, 0.5) is 16.2 Å². The van der Waals surface area contributed by atoms with E-state index in [-0.39, 0.29) is 11.9 Å². The number of benzene rings is 2. The smallest absolute Gasteiger partial charge is 0.327 e. The largest absolute Gasteiger partial charge is 0.497 e. The number of carbonyl (C=O) groups excluding carboxylic acids is 2. The fraction of sp³-hybridized carbons (Fsp3) is 0.263. The number of para-hydroxylation sites is 1. The highest BCUT2D eigenvalue weighted by atomic mass is 16.5. The molecule has 0 spiro atoms. The van der Waals surface area contributed by atoms with Crippen LogP contribution in [0.2, 0.25) is 0 Å². The molecule has 0 bridgehead atoms. The van der Waals surface area contributed by atoms with E-state index < -0.39 is 6.04 Å². The highest BCUT2D eigenvalue weighted by Gasteiger charge is 2.38. The van der Waals surface area contributed by atoms with E-state index in [9.17, 15) is 9.59 Å². The van der Waals surface area contributed by atoms with Crippen LogP contribution in [0.15, 0.2) is 48.5 Å². The predicted octanol–water partition coefficient (Wildman–Crippen LogP) is 2.79. The van der Waals surface area contributed by atoms with E-state index in [2.05, 4.69) is 10.6 Å². The molecule has 6 nitrogen and oxygen atoms in total. The maximum absolute atomic E-state index is 12.9. The Hall–Kier alpha value is -3.02. The maximum atomic E-state index is 12.9. The predicted molar refractivity (Wildman–Crippen MR) is 97.1 cm³/mol. The van der Waals surface area contributed by atoms with Crippen LogP contribution in [-0.4, -0.2) is 31.6 Å². The number of hydrogen-bond donors (Lipinski definition) is 2. The van der Waals surface area contributed by atoms with Gasteiger partial charge in [-0.15, -0.1) is 0 Å². The van der Waals surface area contributed by atoms with Crippen molar-refractivity contribution in [1.29, 1.82) is 0 Å². The van der Waals surface area contributed by atoms with Crippen molar-refractivity contribution in [3.05, 3.63) is 54.1 Å². The molecule has 2 aromatic rings. The monoisotopic (exact) mass is 339 g/mol. The number of methoxy groups -OCH3 is 1. The molecule has 1 heterocycles. The van der Waals surface area contributed by atoms with Crippen molar-refractivity contribution >= 4 is 23.3 Å². The van der Waals surface area contributed by atoms with Gasteiger partial charge in [-0.3, -0.25) is 9.69 Å². The SMILES string of the molecule is CCNC(=O)C1Cc2ccccc2N1C(=O)Nc1ccc(OC)cc1. The lowest BCUT2D eigenvalue weighted by Crippen LogP contribution is -2.49. The Morgan fingerprint density at radius 1 is 1.16 bits per heavy atom. The van der Waals surface area contributed by atoms with Gasteiger partial charge in [-0.1, -0.05) is 18.2 Å². The molecule has 0 saturated carbocycles. The number of nitrogens with zero attached hydrogens (tertiary/aromatic N) is 1. The number of hydrogen-bond acceptors (Lipinski definition) is 3. The van der Waals surface area contributed by atoms with Gasteiger partial charge in [-0.2, -0.15) is 0 Å². The normalized spacial score (nSPS) is 15.4. The standard InChI is InChI=1S/C19H21N3O3/c1-3-20-18(23)17-12-13-6-4-5-7-16(13)22(17)19(24)21-14-8-10-15(25-2)11-9-14/h4-11,17H,3,12H2,1-2H3,(H,20,23)(H,21,24). The Bertz CT molecular complexity index is 774. The third-order valence-electron chi connectivity index (χ3n) is 4.19. The molecular weight excluding hydrogens is 318 g/mol. The number of ether oxygens (including phenoxy) is 1. The average Bonchev–Trinajstić information content (AvgIpc) is 3.02. The second-order valence-corrected chi connectivity index (χ2v) is 5.77. The molecule has 0 aromatic heterocycles. The van der Waals surface area contributed by atoms with E-state index in [0.29, 0.717) is 24.4 Å². The summed E-state index contributed by atoms with van der Waals surface area (Å²) < 4.78 is 5.12. The minimum absolute atomic E-state index is 0.149. The summed E-state index contributed by atoms with van der Waals surface area (Å²) in [6.07, 6.45) is 0.512. The lowest BCUT2D eigenvalue weighted by molar-refractivity contribution is -0.122. The molecule has 6 heteroatoms. The van der Waals surface area contributed by atoms with Crippen molar-refractivity contribution < 1.29 is 14.3 Å². The van der Waals surface area contributed by atoms with Gasteiger partial charge in [0, 0.05) is 24.3 Å². The molecule has 2 N–H and O–H groups in total. The van der Waals surface area contributed by atoms with Gasteiger partial charge in [0.1, 0.15) is 11.8 Å². The van der Waals surface area contributed by atoms with Crippen molar-refractivity contribution in [3.63, 3.8) is 0 Å². The van der Waals surface area contributed by atoms with E-state index in [4.69, 9.17) is 4.74 Å². The van der Waals surface area contributed by atoms with Crippen molar-refractivity contribution in [2.24, 2.45) is 0 Å². The first-order chi connectivity index (χ1) is 12.1. The van der Waals surface area contributed by atoms with E-state index in [0.717, 1.165) is 11.3 Å². The van der Waals surface area contributed by atoms with Crippen molar-refractivity contribution in [1.82, 2.24) is 5.32 Å². The fourth-order valence-corrected chi connectivity index (χ4v) is 3.00. The Morgan fingerprint density at radius 2 is 1.88 bits per heavy atom. The highest BCUT2D eigenvalue weighted by molar-refractivity contribution is 6.08. The summed E-state index contributed by atoms with van der Waals surface area (Å²) in [4.78, 5) is 26.8. The van der Waals surface area contributed by atoms with Gasteiger partial charge < -0.3 is 15.4 Å². The van der Waals surface area contributed by atoms with E-state index in [1.807, 2.05) is 31.2 Å². The zero-order chi connectivity index (χ0) is 17.8. The number of rotatable bonds is 4. The summed E-state index contributed by atoms with van der Waals surface area (Å²) >= 11 is 0. The molecule has 1 unspecified atom stereocenters. The molecule has 3 rings (SSSR count). The number of anilines is 2. The Balaban J connectivity index is 1.84. The maximum Gasteiger partial charge on any atom is 0.327 e. The summed E-state index contributed by atoms with van der Waals surface area (Å²) in [7, 11) is 1.59. The number of fused-ring (bicyclic) bond motifs is 1. The quantitative estimate of drug-likeness (QED) is 0.900. The summed E-state index contributed by atoms with van der Waals surface area (Å²) in [5, 5.41) is 5.66. The summed E-state index contributed by atoms with van der Waals surface area (Å²) in [6, 6.07) is 13.8. The van der Waals surface area contributed by atoms with Gasteiger partial charge >= 0.3 is 6.03 Å². The molecule has 0 aliphatic carbocycles. The average molecular weight is 339 g/mol. The molecule has 1 atom stereocenters. The first-order valence-electron chi connectivity index (χ1n) is 8.24. The zero-order valence-electron chi connectivity index (χ0n) is 14.3. The first-order valence-corrected chi connectivity index (χ1v) is 8.24. The van der Waals surface area contributed by atoms with Gasteiger partial charge in [-0.05, 0) is 42.8 Å². The van der Waals surface area contributed by atoms with Crippen LogP contribution in [0.3, 0.4) is 0 Å². The van der Waals surface area contributed by atoms with E-state index in [1.54, 1.807) is 31.4 Å². The second kappa shape index (κ2) is 7.25. The molecule has 2 aromatic carbocycles. The number of carbonyl (C=O) groups is 2. The summed E-state index contributed by atoms with van der Waals surface area (Å²) in [6.45, 7) is 2.39. The molecule has 0 radical (unpaired) electrons. The van der Waals surface area contributed by atoms with Crippen LogP contribution in [-0.2, 0) is 11.2 Å². The van der Waals surface area contributed by atoms with Crippen LogP contribution < -0.4 is 20.3 Å². The van der Waals surface area contributed by atoms with Gasteiger partial charge in [0.2, 0.25) is 5.91 Å². The number of urea groups is 1. The first kappa shape index (κ1) is 16.8. The molecular formula is C19H21N3O3. The molecule has 0 fully saturated rings. The third-order valence-corrected chi connectivity index (χ3v) is 4.19. The van der Waals surface area contributed by atoms with Crippen LogP contribution >= 0.6 is 0 Å². The fourth-order valence-electron chi connectivity index (χ4n) is 3.00. The van der Waals surface area contributed by atoms with Crippen molar-refractivity contribution in [3.8, 4) is 5.75 Å². The lowest BCUT2D eigenvalue weighted by Gasteiger charge is -2.25. The third kappa shape index (κ3) is 3.42. The Morgan fingerprint density at radius 3 is 2.56 bits per heavy atom. The Kier molecular flexibility index (Phi) is 4.88. The molecule has 0 saturated heterocycles. The van der Waals surface area contributed by atoms with Gasteiger partial charge in [0.15, 0.2) is 0 Å². The highest BCUT2D eigenvalue weighted by Crippen LogP contribution is 2.32. The number of likely N-dealkylation sites (N-methyl/N-ethyl adjacent to an activating group) is 1. The molecule has 1 aliphatic heterocycles. The van der Waals surface area contributed by atoms with Crippen LogP contribution in [0.5, 0.6) is 5.75 Å². The van der Waals surface area contributed by atoms with Gasteiger partial charge in [0.25, 0.3) is 0 Å². The van der Waals surface area contributed by atoms with Crippen LogP contribution in [0, 0.1) is 0 Å². The number of amides is 3. The molecule has 1 aliphatic rings. The lowest BCUT2D eigenvalue weighted by atomic mass is 10.1. The summed E-state index contributed by atoms with van der Waals surface area (Å²) in [5.74, 6) is 0.563. The van der Waals surface area contributed by atoms with Crippen molar-refractivity contribution in [2.45, 2.75) is 19.4 Å². The zero-order valence-corrected chi connectivity index (χ0v) is 14.3. The van der Waals surface area contributed by atoms with E-state index >= 15 is 0 Å². The van der Waals surface area contributed by atoms with Gasteiger partial charge in [-0.25, -0.2) is 4.79 Å². The number of nitrogens with one attached hydrogen (secondary N) is 2. The molecule has 3 amide bonds. The van der Waals surface area contributed by atoms with Crippen LogP contribution in [0.1, 0.15) is 12.5 Å². The molecule has 25 heavy (non-hydrogen) atoms.